The Kier molecular flexibility index (Phi) is 9.19. The minimum Gasteiger partial charge on any atom is -0.493 e. The monoisotopic (exact) mass is 356 g/mol. The molecule has 0 bridgehead atoms. The van der Waals surface area contributed by atoms with E-state index < -0.39 is 0 Å². The second kappa shape index (κ2) is 10.9. The number of anilines is 1. The number of nitrogens with one attached hydrogen (secondary N) is 2. The van der Waals surface area contributed by atoms with Crippen LogP contribution in [0.3, 0.4) is 0 Å². The van der Waals surface area contributed by atoms with E-state index in [1.54, 1.807) is 24.3 Å². The molecule has 1 unspecified atom stereocenters. The van der Waals surface area contributed by atoms with Crippen LogP contribution < -0.4 is 15.4 Å². The first-order chi connectivity index (χ1) is 11.2. The molecule has 2 N–H and O–H groups in total. The maximum atomic E-state index is 11.9. The van der Waals surface area contributed by atoms with Crippen molar-refractivity contribution in [3.05, 3.63) is 24.3 Å². The van der Waals surface area contributed by atoms with Crippen molar-refractivity contribution in [2.24, 2.45) is 5.92 Å². The van der Waals surface area contributed by atoms with E-state index in [1.165, 1.54) is 7.11 Å². The van der Waals surface area contributed by atoms with Gasteiger partial charge in [0.15, 0.2) is 0 Å². The Hall–Kier alpha value is -1.79. The van der Waals surface area contributed by atoms with Crippen molar-refractivity contribution in [3.63, 3.8) is 0 Å². The van der Waals surface area contributed by atoms with E-state index in [4.69, 9.17) is 4.74 Å². The molecule has 6 nitrogen and oxygen atoms in total. The fourth-order valence-electron chi connectivity index (χ4n) is 2.51. The molecule has 24 heavy (non-hydrogen) atoms. The molecule has 0 radical (unpaired) electrons. The highest BCUT2D eigenvalue weighted by atomic mass is 35.5. The van der Waals surface area contributed by atoms with E-state index in [-0.39, 0.29) is 37.3 Å². The Morgan fingerprint density at radius 2 is 2.00 bits per heavy atom. The zero-order chi connectivity index (χ0) is 16.5. The van der Waals surface area contributed by atoms with Crippen molar-refractivity contribution < 1.29 is 19.1 Å². The summed E-state index contributed by atoms with van der Waals surface area (Å²) in [6.07, 6.45) is 2.84. The Morgan fingerprint density at radius 1 is 1.25 bits per heavy atom. The van der Waals surface area contributed by atoms with Gasteiger partial charge in [0.1, 0.15) is 5.75 Å². The molecule has 1 aromatic carbocycles. The second-order valence-corrected chi connectivity index (χ2v) is 5.64. The Labute approximate surface area is 148 Å². The molecule has 1 atom stereocenters. The zero-order valence-corrected chi connectivity index (χ0v) is 14.7. The van der Waals surface area contributed by atoms with Crippen molar-refractivity contribution in [1.82, 2.24) is 5.32 Å². The summed E-state index contributed by atoms with van der Waals surface area (Å²) in [6.45, 7) is 2.35. The lowest BCUT2D eigenvalue weighted by molar-refractivity contribution is -0.141. The third kappa shape index (κ3) is 7.19. The summed E-state index contributed by atoms with van der Waals surface area (Å²) in [6, 6.07) is 7.13. The van der Waals surface area contributed by atoms with Crippen molar-refractivity contribution in [2.75, 3.05) is 32.1 Å². The number of benzene rings is 1. The molecule has 7 heteroatoms. The van der Waals surface area contributed by atoms with Crippen molar-refractivity contribution in [2.45, 2.75) is 25.7 Å². The van der Waals surface area contributed by atoms with Crippen LogP contribution in [0.5, 0.6) is 5.75 Å². The van der Waals surface area contributed by atoms with Crippen LogP contribution in [0.2, 0.25) is 0 Å². The fourth-order valence-corrected chi connectivity index (χ4v) is 2.51. The molecule has 0 aromatic heterocycles. The number of esters is 1. The van der Waals surface area contributed by atoms with Crippen molar-refractivity contribution in [3.8, 4) is 5.75 Å². The number of methoxy groups -OCH3 is 1. The third-order valence-electron chi connectivity index (χ3n) is 3.88. The highest BCUT2D eigenvalue weighted by Crippen LogP contribution is 2.18. The normalized spacial score (nSPS) is 16.1. The number of carbonyl (C=O) groups is 2. The number of carbonyl (C=O) groups excluding carboxylic acids is 2. The first kappa shape index (κ1) is 20.3. The van der Waals surface area contributed by atoms with Gasteiger partial charge in [0.05, 0.1) is 20.1 Å². The van der Waals surface area contributed by atoms with Gasteiger partial charge in [-0.25, -0.2) is 0 Å². The average Bonchev–Trinajstić information content (AvgIpc) is 3.08. The van der Waals surface area contributed by atoms with E-state index in [1.807, 2.05) is 0 Å². The lowest BCUT2D eigenvalue weighted by Crippen LogP contribution is -2.15. The Balaban J connectivity index is 0.00000288. The maximum absolute atomic E-state index is 11.9. The standard InChI is InChI=1S/C17H24N2O4.ClH/c1-22-17(21)9-11-23-15-5-3-14(4-6-15)19-16(20)7-2-13-8-10-18-12-13;/h3-6,13,18H,2,7-12H2,1H3,(H,19,20);1H. The summed E-state index contributed by atoms with van der Waals surface area (Å²) < 4.78 is 9.97. The van der Waals surface area contributed by atoms with Gasteiger partial charge in [0.2, 0.25) is 5.91 Å². The minimum absolute atomic E-state index is 0. The molecule has 1 aromatic rings. The van der Waals surface area contributed by atoms with Crippen LogP contribution in [-0.2, 0) is 14.3 Å². The van der Waals surface area contributed by atoms with Crippen LogP contribution in [-0.4, -0.2) is 38.7 Å². The van der Waals surface area contributed by atoms with Crippen LogP contribution >= 0.6 is 12.4 Å². The van der Waals surface area contributed by atoms with Crippen LogP contribution in [0.1, 0.15) is 25.7 Å². The van der Waals surface area contributed by atoms with Gasteiger partial charge in [0.25, 0.3) is 0 Å². The van der Waals surface area contributed by atoms with Gasteiger partial charge >= 0.3 is 5.97 Å². The summed E-state index contributed by atoms with van der Waals surface area (Å²) in [5, 5.41) is 6.19. The number of amides is 1. The number of ether oxygens (including phenoxy) is 2. The molecule has 0 saturated carbocycles. The quantitative estimate of drug-likeness (QED) is 0.699. The predicted molar refractivity (Wildman–Crippen MR) is 94.7 cm³/mol. The first-order valence-corrected chi connectivity index (χ1v) is 7.97. The zero-order valence-electron chi connectivity index (χ0n) is 13.9. The molecular formula is C17H25ClN2O4. The highest BCUT2D eigenvalue weighted by molar-refractivity contribution is 5.90. The molecule has 1 aliphatic heterocycles. The molecule has 1 aliphatic rings. The van der Waals surface area contributed by atoms with Crippen molar-refractivity contribution in [1.29, 1.82) is 0 Å². The molecular weight excluding hydrogens is 332 g/mol. The number of hydrogen-bond donors (Lipinski definition) is 2. The van der Waals surface area contributed by atoms with E-state index in [0.29, 0.717) is 18.1 Å². The molecule has 1 heterocycles. The predicted octanol–water partition coefficient (Wildman–Crippen LogP) is 2.38. The van der Waals surface area contributed by atoms with Gasteiger partial charge in [-0.1, -0.05) is 0 Å². The van der Waals surface area contributed by atoms with Crippen LogP contribution in [0.4, 0.5) is 5.69 Å². The van der Waals surface area contributed by atoms with Gasteiger partial charge in [-0.2, -0.15) is 0 Å². The topological polar surface area (TPSA) is 76.7 Å². The number of halogens is 1. The molecule has 1 amide bonds. The van der Waals surface area contributed by atoms with Gasteiger partial charge in [-0.3, -0.25) is 9.59 Å². The summed E-state index contributed by atoms with van der Waals surface area (Å²) in [5.74, 6) is 1.01. The SMILES string of the molecule is COC(=O)CCOc1ccc(NC(=O)CCC2CCNC2)cc1.Cl. The minimum atomic E-state index is -0.300. The lowest BCUT2D eigenvalue weighted by atomic mass is 10.0. The number of rotatable bonds is 8. The summed E-state index contributed by atoms with van der Waals surface area (Å²) in [7, 11) is 1.35. The average molecular weight is 357 g/mol. The van der Waals surface area contributed by atoms with Crippen LogP contribution in [0.25, 0.3) is 0 Å². The lowest BCUT2D eigenvalue weighted by Gasteiger charge is -2.10. The van der Waals surface area contributed by atoms with Gasteiger partial charge < -0.3 is 20.1 Å². The number of hydrogen-bond acceptors (Lipinski definition) is 5. The molecule has 0 aliphatic carbocycles. The molecule has 1 fully saturated rings. The first-order valence-electron chi connectivity index (χ1n) is 7.97. The molecule has 2 rings (SSSR count). The van der Waals surface area contributed by atoms with E-state index in [9.17, 15) is 9.59 Å². The Morgan fingerprint density at radius 3 is 2.62 bits per heavy atom. The maximum Gasteiger partial charge on any atom is 0.308 e. The van der Waals surface area contributed by atoms with E-state index in [0.717, 1.165) is 31.6 Å². The van der Waals surface area contributed by atoms with Crippen LogP contribution in [0.15, 0.2) is 24.3 Å². The van der Waals surface area contributed by atoms with E-state index >= 15 is 0 Å². The second-order valence-electron chi connectivity index (χ2n) is 5.64. The molecule has 0 spiro atoms. The largest absolute Gasteiger partial charge is 0.493 e. The van der Waals surface area contributed by atoms with E-state index in [2.05, 4.69) is 15.4 Å². The highest BCUT2D eigenvalue weighted by Gasteiger charge is 2.15. The summed E-state index contributed by atoms with van der Waals surface area (Å²) >= 11 is 0. The van der Waals surface area contributed by atoms with Gasteiger partial charge in [0, 0.05) is 12.1 Å². The molecule has 1 saturated heterocycles. The van der Waals surface area contributed by atoms with Crippen molar-refractivity contribution >= 4 is 30.0 Å². The smallest absolute Gasteiger partial charge is 0.308 e. The van der Waals surface area contributed by atoms with Gasteiger partial charge in [-0.15, -0.1) is 12.4 Å². The summed E-state index contributed by atoms with van der Waals surface area (Å²) in [5.41, 5.74) is 0.750. The summed E-state index contributed by atoms with van der Waals surface area (Å²) in [4.78, 5) is 22.9. The van der Waals surface area contributed by atoms with Crippen LogP contribution in [0, 0.1) is 5.92 Å². The third-order valence-corrected chi connectivity index (χ3v) is 3.88. The molecule has 134 valence electrons. The fraction of sp³-hybridized carbons (Fsp3) is 0.529. The Bertz CT molecular complexity index is 516. The van der Waals surface area contributed by atoms with Gasteiger partial charge in [-0.05, 0) is 56.1 Å².